The summed E-state index contributed by atoms with van der Waals surface area (Å²) in [6, 6.07) is 47.8. The molecule has 0 amide bonds. The van der Waals surface area contributed by atoms with Crippen molar-refractivity contribution in [1.82, 2.24) is 4.57 Å². The maximum Gasteiger partial charge on any atom is 0.333 e. The van der Waals surface area contributed by atoms with Gasteiger partial charge < -0.3 is 9.38 Å². The largest absolute Gasteiger partial charge is 0.376 e. The summed E-state index contributed by atoms with van der Waals surface area (Å²) in [4.78, 5) is 2.74. The molecule has 2 nitrogen and oxygen atoms in total. The van der Waals surface area contributed by atoms with Crippen molar-refractivity contribution in [3.05, 3.63) is 138 Å². The first-order valence-corrected chi connectivity index (χ1v) is 23.0. The molecule has 5 heteroatoms. The van der Waals surface area contributed by atoms with Gasteiger partial charge in [-0.3, -0.25) is 0 Å². The van der Waals surface area contributed by atoms with Gasteiger partial charge in [-0.2, -0.15) is 0 Å². The van der Waals surface area contributed by atoms with E-state index in [-0.39, 0.29) is 23.1 Å². The normalized spacial score (nSPS) is 16.5. The molecule has 0 unspecified atom stereocenters. The smallest absolute Gasteiger partial charge is 0.333 e. The first-order chi connectivity index (χ1) is 28.4. The lowest BCUT2D eigenvalue weighted by Gasteiger charge is -2.46. The molecule has 3 aliphatic rings. The molecule has 0 saturated carbocycles. The van der Waals surface area contributed by atoms with Crippen LogP contribution in [0.15, 0.2) is 121 Å². The summed E-state index contributed by atoms with van der Waals surface area (Å²) in [7, 11) is 0. The second kappa shape index (κ2) is 11.3. The molecular formula is C54H45BN2S2. The molecule has 286 valence electrons. The van der Waals surface area contributed by atoms with E-state index in [0.717, 1.165) is 0 Å². The highest BCUT2D eigenvalue weighted by atomic mass is 32.1. The summed E-state index contributed by atoms with van der Waals surface area (Å²) >= 11 is 3.85. The monoisotopic (exact) mass is 796 g/mol. The Kier molecular flexibility index (Phi) is 6.59. The Morgan fingerprint density at radius 1 is 0.542 bits per heavy atom. The SMILES string of the molecule is CC(C)(C)c1ccc(N2B3c4cc5sc6ccccc6c5cc4-n4c5cc6c(cc5c5ccc(c3c54)-c3cc4c(cc32)C(C)(C)CCC4(C)C)sc2ccccc26)cc1. The minimum absolute atomic E-state index is 0.0113. The molecule has 13 rings (SSSR count). The third-order valence-corrected chi connectivity index (χ3v) is 16.9. The summed E-state index contributed by atoms with van der Waals surface area (Å²) in [6.45, 7) is 16.8. The van der Waals surface area contributed by atoms with Gasteiger partial charge in [0.25, 0.3) is 0 Å². The lowest BCUT2D eigenvalue weighted by molar-refractivity contribution is 0.332. The summed E-state index contributed by atoms with van der Waals surface area (Å²) in [6.07, 6.45) is 2.38. The van der Waals surface area contributed by atoms with Gasteiger partial charge in [0.1, 0.15) is 0 Å². The van der Waals surface area contributed by atoms with Crippen molar-refractivity contribution >= 4 is 114 Å². The molecule has 0 saturated heterocycles. The van der Waals surface area contributed by atoms with E-state index in [9.17, 15) is 0 Å². The third-order valence-electron chi connectivity index (χ3n) is 14.6. The van der Waals surface area contributed by atoms with Crippen LogP contribution in [0.25, 0.3) is 79.0 Å². The fraction of sp³-hybridized carbons (Fsp3) is 0.222. The molecule has 0 spiro atoms. The summed E-state index contributed by atoms with van der Waals surface area (Å²) in [5.74, 6) is 0. The molecule has 0 bridgehead atoms. The number of hydrogen-bond donors (Lipinski definition) is 0. The Labute approximate surface area is 353 Å². The van der Waals surface area contributed by atoms with Crippen molar-refractivity contribution < 1.29 is 0 Å². The Morgan fingerprint density at radius 3 is 1.85 bits per heavy atom. The van der Waals surface area contributed by atoms with E-state index >= 15 is 0 Å². The van der Waals surface area contributed by atoms with E-state index in [1.807, 2.05) is 22.7 Å². The van der Waals surface area contributed by atoms with Crippen LogP contribution in [0.4, 0.5) is 11.4 Å². The van der Waals surface area contributed by atoms with Crippen LogP contribution in [0.1, 0.15) is 78.0 Å². The average Bonchev–Trinajstić information content (AvgIpc) is 3.88. The lowest BCUT2D eigenvalue weighted by Crippen LogP contribution is -2.60. The molecule has 10 aromatic rings. The number of hydrogen-bond acceptors (Lipinski definition) is 3. The maximum atomic E-state index is 2.74. The number of rotatable bonds is 1. The zero-order chi connectivity index (χ0) is 39.9. The van der Waals surface area contributed by atoms with Crippen molar-refractivity contribution in [3.8, 4) is 16.8 Å². The van der Waals surface area contributed by atoms with Crippen LogP contribution < -0.4 is 15.7 Å². The Balaban J connectivity index is 1.21. The topological polar surface area (TPSA) is 8.17 Å². The van der Waals surface area contributed by atoms with E-state index < -0.39 is 0 Å². The maximum absolute atomic E-state index is 2.74. The van der Waals surface area contributed by atoms with Gasteiger partial charge in [0.15, 0.2) is 0 Å². The summed E-state index contributed by atoms with van der Waals surface area (Å²) in [5.41, 5.74) is 16.7. The van der Waals surface area contributed by atoms with Crippen molar-refractivity contribution in [1.29, 1.82) is 0 Å². The number of fused-ring (bicyclic) bond motifs is 15. The van der Waals surface area contributed by atoms with Crippen LogP contribution in [0.5, 0.6) is 0 Å². The summed E-state index contributed by atoms with van der Waals surface area (Å²) < 4.78 is 8.07. The first kappa shape index (κ1) is 34.5. The van der Waals surface area contributed by atoms with Gasteiger partial charge in [-0.25, -0.2) is 0 Å². The van der Waals surface area contributed by atoms with Gasteiger partial charge in [0, 0.05) is 73.7 Å². The fourth-order valence-electron chi connectivity index (χ4n) is 11.3. The minimum Gasteiger partial charge on any atom is -0.376 e. The van der Waals surface area contributed by atoms with Gasteiger partial charge >= 0.3 is 6.85 Å². The number of thiophene rings is 2. The molecular weight excluding hydrogens is 752 g/mol. The zero-order valence-corrected chi connectivity index (χ0v) is 36.4. The molecule has 59 heavy (non-hydrogen) atoms. The number of nitrogens with zero attached hydrogens (tertiary/aromatic N) is 2. The van der Waals surface area contributed by atoms with Gasteiger partial charge in [-0.15, -0.1) is 22.7 Å². The van der Waals surface area contributed by atoms with E-state index in [1.54, 1.807) is 0 Å². The van der Waals surface area contributed by atoms with Gasteiger partial charge in [-0.05, 0) is 123 Å². The zero-order valence-electron chi connectivity index (χ0n) is 34.7. The highest BCUT2D eigenvalue weighted by Gasteiger charge is 2.46. The van der Waals surface area contributed by atoms with E-state index in [2.05, 4.69) is 179 Å². The molecule has 0 fully saturated rings. The number of benzene rings is 7. The molecule has 1 aliphatic carbocycles. The van der Waals surface area contributed by atoms with Crippen LogP contribution in [0, 0.1) is 0 Å². The van der Waals surface area contributed by atoms with Gasteiger partial charge in [-0.1, -0.05) is 109 Å². The fourth-order valence-corrected chi connectivity index (χ4v) is 13.6. The van der Waals surface area contributed by atoms with Crippen LogP contribution in [-0.2, 0) is 16.2 Å². The van der Waals surface area contributed by atoms with Crippen LogP contribution in [0.3, 0.4) is 0 Å². The second-order valence-electron chi connectivity index (χ2n) is 20.0. The number of aromatic nitrogens is 1. The molecule has 0 N–H and O–H groups in total. The van der Waals surface area contributed by atoms with Crippen molar-refractivity contribution in [2.45, 2.75) is 77.6 Å². The Bertz CT molecular complexity index is 3500. The predicted molar refractivity (Wildman–Crippen MR) is 260 cm³/mol. The molecule has 2 aliphatic heterocycles. The Hall–Kier alpha value is -5.36. The van der Waals surface area contributed by atoms with Gasteiger partial charge in [0.2, 0.25) is 0 Å². The van der Waals surface area contributed by atoms with Crippen molar-refractivity contribution in [3.63, 3.8) is 0 Å². The lowest BCUT2D eigenvalue weighted by atomic mass is 9.43. The molecule has 0 atom stereocenters. The number of anilines is 2. The first-order valence-electron chi connectivity index (χ1n) is 21.3. The quantitative estimate of drug-likeness (QED) is 0.150. The van der Waals surface area contributed by atoms with Gasteiger partial charge in [0.05, 0.1) is 11.0 Å². The second-order valence-corrected chi connectivity index (χ2v) is 22.1. The molecule has 7 aromatic carbocycles. The Morgan fingerprint density at radius 2 is 1.17 bits per heavy atom. The van der Waals surface area contributed by atoms with E-state index in [0.29, 0.717) is 0 Å². The molecule has 0 radical (unpaired) electrons. The summed E-state index contributed by atoms with van der Waals surface area (Å²) in [5, 5.41) is 8.06. The minimum atomic E-state index is -0.0113. The van der Waals surface area contributed by atoms with E-state index in [4.69, 9.17) is 0 Å². The van der Waals surface area contributed by atoms with E-state index in [1.165, 1.54) is 131 Å². The standard InChI is InChI=1S/C54H45BN2S2/c1-52(2,3)30-16-18-31(19-17-30)57-44-28-41-40(53(4,5)22-23-54(41,6)7)24-36(44)34-20-21-35-37-27-48-38(32-12-8-10-14-46(32)58-48)25-43(37)56-45-26-39-33-13-9-11-15-47(33)59-49(39)29-42(45)55(57)50(34)51(35)56/h8-21,24-29H,22-23H2,1-7H3. The van der Waals surface area contributed by atoms with Crippen molar-refractivity contribution in [2.24, 2.45) is 0 Å². The highest BCUT2D eigenvalue weighted by molar-refractivity contribution is 7.26. The average molecular weight is 797 g/mol. The molecule has 3 aromatic heterocycles. The highest BCUT2D eigenvalue weighted by Crippen LogP contribution is 2.53. The third kappa shape index (κ3) is 4.53. The van der Waals surface area contributed by atoms with Crippen LogP contribution in [0.2, 0.25) is 0 Å². The molecule has 5 heterocycles. The van der Waals surface area contributed by atoms with Crippen LogP contribution >= 0.6 is 22.7 Å². The van der Waals surface area contributed by atoms with Crippen LogP contribution in [-0.4, -0.2) is 11.4 Å². The van der Waals surface area contributed by atoms with Crippen molar-refractivity contribution in [2.75, 3.05) is 4.81 Å². The predicted octanol–water partition coefficient (Wildman–Crippen LogP) is 14.4.